The topological polar surface area (TPSA) is 83.8 Å². The maximum atomic E-state index is 12.7. The smallest absolute Gasteiger partial charge is 0.269 e. The molecule has 2 amide bonds. The van der Waals surface area contributed by atoms with Gasteiger partial charge in [-0.15, -0.1) is 0 Å². The van der Waals surface area contributed by atoms with Gasteiger partial charge in [0, 0.05) is 37.8 Å². The van der Waals surface area contributed by atoms with Gasteiger partial charge in [0.15, 0.2) is 0 Å². The molecule has 146 valence electrons. The SMILES string of the molecule is C[C@H](c1cccc([N+](=O)[O-])c1)N(C)C(=O)Cc1ccc(N2CCCC2=O)cc1. The number of hydrogen-bond acceptors (Lipinski definition) is 4. The number of carbonyl (C=O) groups excluding carboxylic acids is 2. The fourth-order valence-electron chi connectivity index (χ4n) is 3.35. The third-order valence-corrected chi connectivity index (χ3v) is 5.21. The van der Waals surface area contributed by atoms with Crippen LogP contribution in [0.5, 0.6) is 0 Å². The van der Waals surface area contributed by atoms with Gasteiger partial charge in [-0.05, 0) is 36.6 Å². The Morgan fingerprint density at radius 3 is 2.57 bits per heavy atom. The summed E-state index contributed by atoms with van der Waals surface area (Å²) in [5, 5.41) is 11.0. The second kappa shape index (κ2) is 8.21. The molecule has 2 aromatic rings. The number of non-ortho nitro benzene ring substituents is 1. The molecule has 28 heavy (non-hydrogen) atoms. The minimum atomic E-state index is -0.440. The molecule has 0 saturated carbocycles. The van der Waals surface area contributed by atoms with Crippen LogP contribution in [-0.2, 0) is 16.0 Å². The van der Waals surface area contributed by atoms with E-state index >= 15 is 0 Å². The molecule has 3 rings (SSSR count). The molecule has 0 N–H and O–H groups in total. The molecule has 2 aromatic carbocycles. The minimum Gasteiger partial charge on any atom is -0.339 e. The van der Waals surface area contributed by atoms with E-state index in [0.717, 1.165) is 24.2 Å². The highest BCUT2D eigenvalue weighted by Gasteiger charge is 2.22. The Kier molecular flexibility index (Phi) is 5.73. The Hall–Kier alpha value is -3.22. The van der Waals surface area contributed by atoms with Gasteiger partial charge in [-0.1, -0.05) is 24.3 Å². The molecule has 1 saturated heterocycles. The summed E-state index contributed by atoms with van der Waals surface area (Å²) in [5.41, 5.74) is 2.45. The molecule has 0 aromatic heterocycles. The van der Waals surface area contributed by atoms with Crippen molar-refractivity contribution in [2.75, 3.05) is 18.5 Å². The van der Waals surface area contributed by atoms with Crippen molar-refractivity contribution < 1.29 is 14.5 Å². The molecule has 1 heterocycles. The fraction of sp³-hybridized carbons (Fsp3) is 0.333. The summed E-state index contributed by atoms with van der Waals surface area (Å²) in [6.07, 6.45) is 1.68. The van der Waals surface area contributed by atoms with Gasteiger partial charge in [-0.2, -0.15) is 0 Å². The lowest BCUT2D eigenvalue weighted by atomic mass is 10.0. The van der Waals surface area contributed by atoms with E-state index in [-0.39, 0.29) is 30.0 Å². The van der Waals surface area contributed by atoms with Crippen LogP contribution in [0.15, 0.2) is 48.5 Å². The second-order valence-corrected chi connectivity index (χ2v) is 7.02. The Bertz CT molecular complexity index is 895. The predicted octanol–water partition coefficient (Wildman–Crippen LogP) is 3.48. The number of nitrogens with zero attached hydrogens (tertiary/aromatic N) is 3. The summed E-state index contributed by atoms with van der Waals surface area (Å²) in [6.45, 7) is 2.58. The van der Waals surface area contributed by atoms with Crippen LogP contribution in [0.25, 0.3) is 0 Å². The van der Waals surface area contributed by atoms with Crippen molar-refractivity contribution in [2.45, 2.75) is 32.2 Å². The largest absolute Gasteiger partial charge is 0.339 e. The first kappa shape index (κ1) is 19.5. The zero-order chi connectivity index (χ0) is 20.3. The molecule has 1 fully saturated rings. The summed E-state index contributed by atoms with van der Waals surface area (Å²) in [6, 6.07) is 13.5. The van der Waals surface area contributed by atoms with E-state index in [1.807, 2.05) is 31.2 Å². The monoisotopic (exact) mass is 381 g/mol. The number of carbonyl (C=O) groups is 2. The van der Waals surface area contributed by atoms with Crippen molar-refractivity contribution in [3.05, 3.63) is 69.8 Å². The maximum Gasteiger partial charge on any atom is 0.269 e. The summed E-state index contributed by atoms with van der Waals surface area (Å²) >= 11 is 0. The normalized spacial score (nSPS) is 14.8. The highest BCUT2D eigenvalue weighted by Crippen LogP contribution is 2.25. The fourth-order valence-corrected chi connectivity index (χ4v) is 3.35. The number of rotatable bonds is 6. The van der Waals surface area contributed by atoms with Gasteiger partial charge in [0.05, 0.1) is 17.4 Å². The lowest BCUT2D eigenvalue weighted by Gasteiger charge is -2.25. The number of hydrogen-bond donors (Lipinski definition) is 0. The van der Waals surface area contributed by atoms with Crippen LogP contribution in [0.1, 0.15) is 36.9 Å². The summed E-state index contributed by atoms with van der Waals surface area (Å²) in [7, 11) is 1.70. The van der Waals surface area contributed by atoms with Gasteiger partial charge < -0.3 is 9.80 Å². The molecule has 0 radical (unpaired) electrons. The highest BCUT2D eigenvalue weighted by atomic mass is 16.6. The van der Waals surface area contributed by atoms with Gasteiger partial charge in [0.1, 0.15) is 0 Å². The molecule has 7 heteroatoms. The number of benzene rings is 2. The first-order chi connectivity index (χ1) is 13.4. The van der Waals surface area contributed by atoms with E-state index in [0.29, 0.717) is 12.0 Å². The minimum absolute atomic E-state index is 0.0113. The van der Waals surface area contributed by atoms with Crippen LogP contribution in [0, 0.1) is 10.1 Å². The highest BCUT2D eigenvalue weighted by molar-refractivity contribution is 5.95. The molecule has 1 aliphatic rings. The van der Waals surface area contributed by atoms with Crippen LogP contribution in [0.3, 0.4) is 0 Å². The molecule has 0 spiro atoms. The maximum absolute atomic E-state index is 12.7. The number of anilines is 1. The van der Waals surface area contributed by atoms with Gasteiger partial charge in [0.25, 0.3) is 5.69 Å². The predicted molar refractivity (Wildman–Crippen MR) is 106 cm³/mol. The van der Waals surface area contributed by atoms with Crippen LogP contribution < -0.4 is 4.90 Å². The number of nitro benzene ring substituents is 1. The van der Waals surface area contributed by atoms with Crippen molar-refractivity contribution >= 4 is 23.2 Å². The Morgan fingerprint density at radius 2 is 1.96 bits per heavy atom. The van der Waals surface area contributed by atoms with Crippen molar-refractivity contribution in [2.24, 2.45) is 0 Å². The standard InChI is InChI=1S/C21H23N3O4/c1-15(17-5-3-6-19(14-17)24(27)28)22(2)21(26)13-16-8-10-18(11-9-16)23-12-4-7-20(23)25/h3,5-6,8-11,14-15H,4,7,12-13H2,1-2H3/t15-/m1/s1. The van der Waals surface area contributed by atoms with E-state index < -0.39 is 4.92 Å². The molecule has 0 bridgehead atoms. The Morgan fingerprint density at radius 1 is 1.25 bits per heavy atom. The third kappa shape index (κ3) is 4.19. The van der Waals surface area contributed by atoms with Gasteiger partial charge >= 0.3 is 0 Å². The van der Waals surface area contributed by atoms with Crippen molar-refractivity contribution in [1.29, 1.82) is 0 Å². The van der Waals surface area contributed by atoms with E-state index in [2.05, 4.69) is 0 Å². The lowest BCUT2D eigenvalue weighted by molar-refractivity contribution is -0.384. The van der Waals surface area contributed by atoms with Crippen molar-refractivity contribution in [3.8, 4) is 0 Å². The molecule has 1 aliphatic heterocycles. The van der Waals surface area contributed by atoms with E-state index in [4.69, 9.17) is 0 Å². The van der Waals surface area contributed by atoms with Crippen LogP contribution in [0.4, 0.5) is 11.4 Å². The number of amides is 2. The van der Waals surface area contributed by atoms with E-state index in [1.165, 1.54) is 12.1 Å². The van der Waals surface area contributed by atoms with Crippen LogP contribution in [0.2, 0.25) is 0 Å². The van der Waals surface area contributed by atoms with Gasteiger partial charge in [0.2, 0.25) is 11.8 Å². The van der Waals surface area contributed by atoms with Gasteiger partial charge in [-0.25, -0.2) is 0 Å². The molecular formula is C21H23N3O4. The Balaban J connectivity index is 1.66. The van der Waals surface area contributed by atoms with Crippen molar-refractivity contribution in [3.63, 3.8) is 0 Å². The molecule has 0 unspecified atom stereocenters. The van der Waals surface area contributed by atoms with Crippen molar-refractivity contribution in [1.82, 2.24) is 4.90 Å². The lowest BCUT2D eigenvalue weighted by Crippen LogP contribution is -2.31. The van der Waals surface area contributed by atoms with E-state index in [1.54, 1.807) is 29.0 Å². The zero-order valence-electron chi connectivity index (χ0n) is 16.0. The first-order valence-corrected chi connectivity index (χ1v) is 9.26. The number of nitro groups is 1. The molecular weight excluding hydrogens is 358 g/mol. The molecule has 0 aliphatic carbocycles. The Labute approximate surface area is 163 Å². The molecule has 1 atom stereocenters. The zero-order valence-corrected chi connectivity index (χ0v) is 16.0. The summed E-state index contributed by atoms with van der Waals surface area (Å²) in [4.78, 5) is 38.4. The summed E-state index contributed by atoms with van der Waals surface area (Å²) in [5.74, 6) is 0.0540. The quantitative estimate of drug-likeness (QED) is 0.566. The first-order valence-electron chi connectivity index (χ1n) is 9.26. The molecule has 7 nitrogen and oxygen atoms in total. The third-order valence-electron chi connectivity index (χ3n) is 5.21. The average molecular weight is 381 g/mol. The van der Waals surface area contributed by atoms with Crippen LogP contribution in [-0.4, -0.2) is 35.2 Å². The van der Waals surface area contributed by atoms with E-state index in [9.17, 15) is 19.7 Å². The van der Waals surface area contributed by atoms with Gasteiger partial charge in [-0.3, -0.25) is 19.7 Å². The summed E-state index contributed by atoms with van der Waals surface area (Å²) < 4.78 is 0. The van der Waals surface area contributed by atoms with Crippen LogP contribution >= 0.6 is 0 Å². The second-order valence-electron chi connectivity index (χ2n) is 7.02. The average Bonchev–Trinajstić information content (AvgIpc) is 3.13. The number of likely N-dealkylation sites (N-methyl/N-ethyl adjacent to an activating group) is 1.